The van der Waals surface area contributed by atoms with Gasteiger partial charge < -0.3 is 20.2 Å². The first-order valence-corrected chi connectivity index (χ1v) is 10.4. The second-order valence-corrected chi connectivity index (χ2v) is 7.89. The fraction of sp³-hybridized carbons (Fsp3) is 0.200. The van der Waals surface area contributed by atoms with E-state index in [1.165, 1.54) is 17.0 Å². The zero-order chi connectivity index (χ0) is 23.7. The maximum absolute atomic E-state index is 13.5. The number of carboxylic acids is 2. The van der Waals surface area contributed by atoms with Crippen molar-refractivity contribution in [1.29, 1.82) is 0 Å². The molecule has 0 saturated carbocycles. The minimum atomic E-state index is -1.07. The van der Waals surface area contributed by atoms with Crippen LogP contribution in [0, 0.1) is 0 Å². The van der Waals surface area contributed by atoms with E-state index in [1.807, 2.05) is 24.3 Å². The molecule has 0 fully saturated rings. The molecule has 2 aliphatic carbocycles. The van der Waals surface area contributed by atoms with Crippen LogP contribution >= 0.6 is 0 Å². The first-order chi connectivity index (χ1) is 15.8. The van der Waals surface area contributed by atoms with Gasteiger partial charge in [0, 0.05) is 36.3 Å². The standard InChI is InChI=1S/C25H21NO7/c27-19-13-15-5-2-1-4-14(15)12-17(19)23-24(32)16-6-3-7-18(22(16)25(23)33)26(10-8-20(28)29)11-9-21(30)31/h1-7,13,27H,8-12H2,(H,28,29)(H,30,31). The maximum atomic E-state index is 13.5. The lowest BCUT2D eigenvalue weighted by Gasteiger charge is -2.25. The van der Waals surface area contributed by atoms with Crippen LogP contribution in [-0.4, -0.2) is 51.9 Å². The van der Waals surface area contributed by atoms with Crippen LogP contribution in [0.1, 0.15) is 44.7 Å². The number of ketones is 2. The third-order valence-corrected chi connectivity index (χ3v) is 5.83. The number of carboxylic acid groups (broad SMARTS) is 2. The van der Waals surface area contributed by atoms with E-state index in [0.29, 0.717) is 5.69 Å². The summed E-state index contributed by atoms with van der Waals surface area (Å²) in [6.07, 6.45) is 1.22. The van der Waals surface area contributed by atoms with Crippen LogP contribution in [0.25, 0.3) is 6.08 Å². The Morgan fingerprint density at radius 2 is 1.55 bits per heavy atom. The van der Waals surface area contributed by atoms with Gasteiger partial charge in [0.05, 0.1) is 24.0 Å². The Labute approximate surface area is 189 Å². The lowest BCUT2D eigenvalue weighted by molar-refractivity contribution is -0.137. The number of allylic oxidation sites excluding steroid dienone is 2. The molecule has 0 amide bonds. The summed E-state index contributed by atoms with van der Waals surface area (Å²) >= 11 is 0. The number of carbonyl (C=O) groups is 4. The highest BCUT2D eigenvalue weighted by Gasteiger charge is 2.39. The number of aliphatic hydroxyl groups is 1. The maximum Gasteiger partial charge on any atom is 0.305 e. The average Bonchev–Trinajstić information content (AvgIpc) is 3.03. The van der Waals surface area contributed by atoms with E-state index in [4.69, 9.17) is 10.2 Å². The van der Waals surface area contributed by atoms with Crippen LogP contribution in [0.15, 0.2) is 59.4 Å². The smallest absolute Gasteiger partial charge is 0.305 e. The number of hydrogen-bond acceptors (Lipinski definition) is 6. The number of fused-ring (bicyclic) bond motifs is 2. The van der Waals surface area contributed by atoms with Gasteiger partial charge >= 0.3 is 11.9 Å². The van der Waals surface area contributed by atoms with Crippen LogP contribution in [0.4, 0.5) is 5.69 Å². The summed E-state index contributed by atoms with van der Waals surface area (Å²) in [7, 11) is 0. The lowest BCUT2D eigenvalue weighted by atomic mass is 9.88. The Morgan fingerprint density at radius 3 is 2.21 bits per heavy atom. The van der Waals surface area contributed by atoms with Crippen molar-refractivity contribution in [2.75, 3.05) is 18.0 Å². The first kappa shape index (κ1) is 22.0. The zero-order valence-corrected chi connectivity index (χ0v) is 17.6. The van der Waals surface area contributed by atoms with Crippen LogP contribution < -0.4 is 4.90 Å². The fourth-order valence-corrected chi connectivity index (χ4v) is 4.25. The molecule has 0 radical (unpaired) electrons. The SMILES string of the molecule is O=C(O)CCN(CCC(=O)O)c1cccc2c1C(=O)C(=C1Cc3ccccc3C=C1O)C2=O. The molecule has 0 spiro atoms. The molecular formula is C25H21NO7. The Morgan fingerprint density at radius 1 is 0.879 bits per heavy atom. The number of Topliss-reactive ketones (excluding diaryl/α,β-unsaturated/α-hetero) is 2. The molecule has 0 saturated heterocycles. The van der Waals surface area contributed by atoms with Crippen LogP contribution in [0.2, 0.25) is 0 Å². The highest BCUT2D eigenvalue weighted by atomic mass is 16.4. The molecule has 0 heterocycles. The van der Waals surface area contributed by atoms with Crippen molar-refractivity contribution in [2.45, 2.75) is 19.3 Å². The minimum absolute atomic E-state index is 0.0228. The molecule has 8 nitrogen and oxygen atoms in total. The van der Waals surface area contributed by atoms with Crippen LogP contribution in [0.5, 0.6) is 0 Å². The van der Waals surface area contributed by atoms with Crippen molar-refractivity contribution in [2.24, 2.45) is 0 Å². The van der Waals surface area contributed by atoms with Crippen molar-refractivity contribution in [3.05, 3.63) is 81.6 Å². The number of anilines is 1. The van der Waals surface area contributed by atoms with Gasteiger partial charge in [-0.3, -0.25) is 19.2 Å². The number of rotatable bonds is 7. The average molecular weight is 447 g/mol. The normalized spacial score (nSPS) is 16.8. The van der Waals surface area contributed by atoms with Gasteiger partial charge in [0.1, 0.15) is 5.76 Å². The molecule has 8 heteroatoms. The quantitative estimate of drug-likeness (QED) is 0.435. The van der Waals surface area contributed by atoms with E-state index < -0.39 is 23.5 Å². The molecule has 0 unspecified atom stereocenters. The third kappa shape index (κ3) is 4.15. The van der Waals surface area contributed by atoms with Gasteiger partial charge in [-0.1, -0.05) is 36.4 Å². The number of aliphatic carboxylic acids is 2. The van der Waals surface area contributed by atoms with Gasteiger partial charge in [0.2, 0.25) is 0 Å². The second kappa shape index (κ2) is 8.74. The predicted molar refractivity (Wildman–Crippen MR) is 120 cm³/mol. The fourth-order valence-electron chi connectivity index (χ4n) is 4.25. The third-order valence-electron chi connectivity index (χ3n) is 5.83. The van der Waals surface area contributed by atoms with E-state index in [2.05, 4.69) is 0 Å². The molecule has 2 aromatic carbocycles. The molecule has 0 aromatic heterocycles. The minimum Gasteiger partial charge on any atom is -0.508 e. The van der Waals surface area contributed by atoms with E-state index in [1.54, 1.807) is 12.1 Å². The molecular weight excluding hydrogens is 426 g/mol. The summed E-state index contributed by atoms with van der Waals surface area (Å²) in [5.74, 6) is -3.35. The number of hydrogen-bond donors (Lipinski definition) is 3. The Balaban J connectivity index is 1.78. The molecule has 0 bridgehead atoms. The van der Waals surface area contributed by atoms with Gasteiger partial charge in [-0.05, 0) is 23.3 Å². The number of benzene rings is 2. The van der Waals surface area contributed by atoms with Gasteiger partial charge in [0.25, 0.3) is 0 Å². The topological polar surface area (TPSA) is 132 Å². The monoisotopic (exact) mass is 447 g/mol. The number of carbonyl (C=O) groups excluding carboxylic acids is 2. The summed E-state index contributed by atoms with van der Waals surface area (Å²) < 4.78 is 0. The molecule has 2 aliphatic rings. The number of aliphatic hydroxyl groups excluding tert-OH is 1. The summed E-state index contributed by atoms with van der Waals surface area (Å²) in [5.41, 5.74) is 2.38. The Kier molecular flexibility index (Phi) is 5.83. The predicted octanol–water partition coefficient (Wildman–Crippen LogP) is 3.27. The molecule has 0 aliphatic heterocycles. The Bertz CT molecular complexity index is 1240. The van der Waals surface area contributed by atoms with Crippen molar-refractivity contribution in [3.8, 4) is 0 Å². The van der Waals surface area contributed by atoms with Gasteiger partial charge in [-0.15, -0.1) is 0 Å². The van der Waals surface area contributed by atoms with E-state index in [0.717, 1.165) is 11.1 Å². The molecule has 33 heavy (non-hydrogen) atoms. The van der Waals surface area contributed by atoms with Crippen molar-refractivity contribution >= 4 is 35.3 Å². The summed E-state index contributed by atoms with van der Waals surface area (Å²) in [4.78, 5) is 50.5. The summed E-state index contributed by atoms with van der Waals surface area (Å²) in [6.45, 7) is -0.0457. The van der Waals surface area contributed by atoms with E-state index >= 15 is 0 Å². The van der Waals surface area contributed by atoms with E-state index in [9.17, 15) is 24.3 Å². The molecule has 3 N–H and O–H groups in total. The van der Waals surface area contributed by atoms with Crippen LogP contribution in [-0.2, 0) is 16.0 Å². The molecule has 2 aromatic rings. The lowest BCUT2D eigenvalue weighted by Crippen LogP contribution is -2.30. The largest absolute Gasteiger partial charge is 0.508 e. The van der Waals surface area contributed by atoms with Crippen molar-refractivity contribution < 1.29 is 34.5 Å². The van der Waals surface area contributed by atoms with E-state index in [-0.39, 0.29) is 60.4 Å². The van der Waals surface area contributed by atoms with Gasteiger partial charge in [0.15, 0.2) is 11.6 Å². The van der Waals surface area contributed by atoms with Gasteiger partial charge in [-0.2, -0.15) is 0 Å². The van der Waals surface area contributed by atoms with Crippen LogP contribution in [0.3, 0.4) is 0 Å². The second-order valence-electron chi connectivity index (χ2n) is 7.89. The highest BCUT2D eigenvalue weighted by Crippen LogP contribution is 2.39. The summed E-state index contributed by atoms with van der Waals surface area (Å²) in [6, 6.07) is 12.0. The first-order valence-electron chi connectivity index (χ1n) is 10.4. The molecule has 168 valence electrons. The number of nitrogens with zero attached hydrogens (tertiary/aromatic N) is 1. The van der Waals surface area contributed by atoms with Crippen molar-refractivity contribution in [1.82, 2.24) is 0 Å². The summed E-state index contributed by atoms with van der Waals surface area (Å²) in [5, 5.41) is 28.8. The molecule has 0 atom stereocenters. The Hall–Kier alpha value is -4.20. The highest BCUT2D eigenvalue weighted by molar-refractivity contribution is 6.41. The molecule has 4 rings (SSSR count). The van der Waals surface area contributed by atoms with Crippen molar-refractivity contribution in [3.63, 3.8) is 0 Å². The van der Waals surface area contributed by atoms with Gasteiger partial charge in [-0.25, -0.2) is 0 Å². The zero-order valence-electron chi connectivity index (χ0n) is 17.6.